The Bertz CT molecular complexity index is 674. The highest BCUT2D eigenvalue weighted by Crippen LogP contribution is 2.29. The molecule has 0 aliphatic rings. The van der Waals surface area contributed by atoms with Gasteiger partial charge in [-0.05, 0) is 22.6 Å². The number of fused-ring (bicyclic) bond motifs is 1. The lowest BCUT2D eigenvalue weighted by Gasteiger charge is -2.02. The first kappa shape index (κ1) is 10.7. The highest BCUT2D eigenvalue weighted by atomic mass is 127. The molecule has 1 aromatic carbocycles. The third-order valence-electron chi connectivity index (χ3n) is 2.75. The predicted octanol–water partition coefficient (Wildman–Crippen LogP) is 3.24. The number of rotatable bonds is 1. The van der Waals surface area contributed by atoms with Gasteiger partial charge >= 0.3 is 0 Å². The molecule has 0 spiro atoms. The zero-order valence-corrected chi connectivity index (χ0v) is 11.4. The largest absolute Gasteiger partial charge is 0.334 e. The molecule has 2 heterocycles. The van der Waals surface area contributed by atoms with Gasteiger partial charge in [-0.1, -0.05) is 30.3 Å². The van der Waals surface area contributed by atoms with Gasteiger partial charge in [0.1, 0.15) is 12.0 Å². The summed E-state index contributed by atoms with van der Waals surface area (Å²) in [7, 11) is 2.01. The van der Waals surface area contributed by atoms with Gasteiger partial charge < -0.3 is 4.57 Å². The maximum absolute atomic E-state index is 4.42. The lowest BCUT2D eigenvalue weighted by molar-refractivity contribution is 0.942. The molecular formula is C13H10IN3. The van der Waals surface area contributed by atoms with Crippen molar-refractivity contribution in [2.75, 3.05) is 0 Å². The maximum atomic E-state index is 4.42. The standard InChI is InChI=1S/C13H10IN3/c1-17-7-10(14)11-12(15-8-16-13(11)17)9-5-3-2-4-6-9/h2-8H,1H3. The van der Waals surface area contributed by atoms with Crippen molar-refractivity contribution in [3.05, 3.63) is 46.4 Å². The molecule has 3 rings (SSSR count). The van der Waals surface area contributed by atoms with Gasteiger partial charge in [-0.2, -0.15) is 0 Å². The third kappa shape index (κ3) is 1.72. The van der Waals surface area contributed by atoms with Crippen LogP contribution in [0.1, 0.15) is 0 Å². The highest BCUT2D eigenvalue weighted by molar-refractivity contribution is 14.1. The average molecular weight is 335 g/mol. The van der Waals surface area contributed by atoms with Crippen molar-refractivity contribution in [1.82, 2.24) is 14.5 Å². The molecule has 0 amide bonds. The van der Waals surface area contributed by atoms with Crippen LogP contribution >= 0.6 is 22.6 Å². The average Bonchev–Trinajstić information content (AvgIpc) is 2.66. The molecule has 0 aliphatic heterocycles. The Morgan fingerprint density at radius 2 is 1.88 bits per heavy atom. The topological polar surface area (TPSA) is 30.7 Å². The van der Waals surface area contributed by atoms with Crippen LogP contribution in [0.4, 0.5) is 0 Å². The molecule has 0 unspecified atom stereocenters. The second-order valence-electron chi connectivity index (χ2n) is 3.87. The maximum Gasteiger partial charge on any atom is 0.144 e. The summed E-state index contributed by atoms with van der Waals surface area (Å²) in [6.45, 7) is 0. The van der Waals surface area contributed by atoms with Gasteiger partial charge in [0.15, 0.2) is 0 Å². The van der Waals surface area contributed by atoms with E-state index in [0.717, 1.165) is 22.3 Å². The first-order chi connectivity index (χ1) is 8.27. The molecule has 84 valence electrons. The Morgan fingerprint density at radius 3 is 2.65 bits per heavy atom. The molecule has 4 heteroatoms. The van der Waals surface area contributed by atoms with Crippen molar-refractivity contribution < 1.29 is 0 Å². The van der Waals surface area contributed by atoms with E-state index in [1.807, 2.05) is 29.8 Å². The Labute approximate surface area is 113 Å². The van der Waals surface area contributed by atoms with Crippen LogP contribution in [0.5, 0.6) is 0 Å². The first-order valence-electron chi connectivity index (χ1n) is 5.28. The van der Waals surface area contributed by atoms with Crippen molar-refractivity contribution in [2.45, 2.75) is 0 Å². The number of halogens is 1. The number of hydrogen-bond acceptors (Lipinski definition) is 2. The molecule has 0 N–H and O–H groups in total. The molecule has 0 fully saturated rings. The molecule has 3 aromatic rings. The van der Waals surface area contributed by atoms with E-state index in [0.29, 0.717) is 0 Å². The van der Waals surface area contributed by atoms with E-state index < -0.39 is 0 Å². The van der Waals surface area contributed by atoms with Gasteiger partial charge in [0.25, 0.3) is 0 Å². The van der Waals surface area contributed by atoms with Crippen LogP contribution in [0, 0.1) is 3.57 Å². The van der Waals surface area contributed by atoms with Gasteiger partial charge in [0.05, 0.1) is 11.1 Å². The van der Waals surface area contributed by atoms with E-state index in [1.165, 1.54) is 3.57 Å². The van der Waals surface area contributed by atoms with Crippen molar-refractivity contribution in [3.8, 4) is 11.3 Å². The van der Waals surface area contributed by atoms with Gasteiger partial charge in [0.2, 0.25) is 0 Å². The van der Waals surface area contributed by atoms with Crippen molar-refractivity contribution in [3.63, 3.8) is 0 Å². The Hall–Kier alpha value is -1.43. The summed E-state index contributed by atoms with van der Waals surface area (Å²) in [6.07, 6.45) is 3.70. The van der Waals surface area contributed by atoms with Gasteiger partial charge in [-0.3, -0.25) is 0 Å². The van der Waals surface area contributed by atoms with E-state index in [4.69, 9.17) is 0 Å². The molecule has 0 aliphatic carbocycles. The van der Waals surface area contributed by atoms with E-state index in [9.17, 15) is 0 Å². The number of hydrogen-bond donors (Lipinski definition) is 0. The van der Waals surface area contributed by atoms with E-state index in [-0.39, 0.29) is 0 Å². The normalized spacial score (nSPS) is 10.9. The van der Waals surface area contributed by atoms with Crippen LogP contribution < -0.4 is 0 Å². The molecule has 3 nitrogen and oxygen atoms in total. The summed E-state index contributed by atoms with van der Waals surface area (Å²) in [5.41, 5.74) is 3.10. The second-order valence-corrected chi connectivity index (χ2v) is 5.04. The van der Waals surface area contributed by atoms with Crippen LogP contribution in [-0.4, -0.2) is 14.5 Å². The summed E-state index contributed by atoms with van der Waals surface area (Å²) in [5.74, 6) is 0. The minimum absolute atomic E-state index is 0.975. The second kappa shape index (κ2) is 4.10. The lowest BCUT2D eigenvalue weighted by atomic mass is 10.1. The van der Waals surface area contributed by atoms with Crippen molar-refractivity contribution >= 4 is 33.6 Å². The number of nitrogens with zero attached hydrogens (tertiary/aromatic N) is 3. The Kier molecular flexibility index (Phi) is 2.58. The SMILES string of the molecule is Cn1cc(I)c2c(-c3ccccc3)ncnc21. The fraction of sp³-hybridized carbons (Fsp3) is 0.0769. The van der Waals surface area contributed by atoms with Crippen LogP contribution in [0.2, 0.25) is 0 Å². The van der Waals surface area contributed by atoms with Crippen LogP contribution in [0.25, 0.3) is 22.3 Å². The molecule has 0 atom stereocenters. The minimum Gasteiger partial charge on any atom is -0.334 e. The van der Waals surface area contributed by atoms with E-state index >= 15 is 0 Å². The fourth-order valence-electron chi connectivity index (χ4n) is 1.97. The summed E-state index contributed by atoms with van der Waals surface area (Å²) in [4.78, 5) is 8.76. The summed E-state index contributed by atoms with van der Waals surface area (Å²) in [6, 6.07) is 10.2. The molecule has 0 bridgehead atoms. The highest BCUT2D eigenvalue weighted by Gasteiger charge is 2.12. The molecule has 0 saturated carbocycles. The van der Waals surface area contributed by atoms with Gasteiger partial charge in [-0.25, -0.2) is 9.97 Å². The molecule has 17 heavy (non-hydrogen) atoms. The van der Waals surface area contributed by atoms with Gasteiger partial charge in [0, 0.05) is 22.4 Å². The monoisotopic (exact) mass is 335 g/mol. The molecular weight excluding hydrogens is 325 g/mol. The zero-order valence-electron chi connectivity index (χ0n) is 9.26. The molecule has 0 saturated heterocycles. The van der Waals surface area contributed by atoms with Crippen LogP contribution in [-0.2, 0) is 7.05 Å². The number of benzene rings is 1. The molecule has 2 aromatic heterocycles. The van der Waals surface area contributed by atoms with Crippen molar-refractivity contribution in [2.24, 2.45) is 7.05 Å². The third-order valence-corrected chi connectivity index (χ3v) is 3.57. The van der Waals surface area contributed by atoms with E-state index in [1.54, 1.807) is 6.33 Å². The lowest BCUT2D eigenvalue weighted by Crippen LogP contribution is -1.91. The minimum atomic E-state index is 0.975. The molecule has 0 radical (unpaired) electrons. The number of aryl methyl sites for hydroxylation is 1. The summed E-state index contributed by atoms with van der Waals surface area (Å²) in [5, 5.41) is 1.13. The smallest absolute Gasteiger partial charge is 0.144 e. The Morgan fingerprint density at radius 1 is 1.12 bits per heavy atom. The summed E-state index contributed by atoms with van der Waals surface area (Å²) >= 11 is 2.33. The Balaban J connectivity index is 2.38. The fourth-order valence-corrected chi connectivity index (χ4v) is 2.89. The van der Waals surface area contributed by atoms with Crippen LogP contribution in [0.3, 0.4) is 0 Å². The quantitative estimate of drug-likeness (QED) is 0.639. The first-order valence-corrected chi connectivity index (χ1v) is 6.36. The zero-order chi connectivity index (χ0) is 11.8. The van der Waals surface area contributed by atoms with Crippen LogP contribution in [0.15, 0.2) is 42.9 Å². The van der Waals surface area contributed by atoms with Gasteiger partial charge in [-0.15, -0.1) is 0 Å². The predicted molar refractivity (Wildman–Crippen MR) is 76.7 cm³/mol. The summed E-state index contributed by atoms with van der Waals surface area (Å²) < 4.78 is 3.21. The van der Waals surface area contributed by atoms with Crippen molar-refractivity contribution in [1.29, 1.82) is 0 Å². The van der Waals surface area contributed by atoms with E-state index in [2.05, 4.69) is 50.9 Å². The number of aromatic nitrogens is 3.